The van der Waals surface area contributed by atoms with Crippen molar-refractivity contribution in [2.24, 2.45) is 5.73 Å². The van der Waals surface area contributed by atoms with Crippen LogP contribution in [-0.4, -0.2) is 23.5 Å². The first-order valence-electron chi connectivity index (χ1n) is 4.59. The van der Waals surface area contributed by atoms with E-state index >= 15 is 0 Å². The van der Waals surface area contributed by atoms with E-state index in [1.54, 1.807) is 23.9 Å². The average molecular weight is 266 g/mol. The number of hydrogen-bond donors (Lipinski definition) is 2. The summed E-state index contributed by atoms with van der Waals surface area (Å²) in [6, 6.07) is 5.43. The van der Waals surface area contributed by atoms with Crippen molar-refractivity contribution in [3.63, 3.8) is 0 Å². The number of hydrogen-bond acceptors (Lipinski definition) is 3. The Bertz CT molecular complexity index is 322. The fourth-order valence-electron chi connectivity index (χ4n) is 1.03. The van der Waals surface area contributed by atoms with Crippen LogP contribution in [0.25, 0.3) is 0 Å². The molecule has 15 heavy (non-hydrogen) atoms. The minimum atomic E-state index is -0.366. The fourth-order valence-corrected chi connectivity index (χ4v) is 2.31. The Balaban J connectivity index is 2.47. The van der Waals surface area contributed by atoms with Crippen molar-refractivity contribution in [1.29, 1.82) is 0 Å². The van der Waals surface area contributed by atoms with Gasteiger partial charge in [-0.25, -0.2) is 0 Å². The number of nitrogens with two attached hydrogens (primary N) is 1. The molecule has 0 aromatic heterocycles. The monoisotopic (exact) mass is 265 g/mol. The molecule has 84 valence electrons. The molecule has 0 aliphatic rings. The van der Waals surface area contributed by atoms with E-state index in [0.717, 1.165) is 4.90 Å². The van der Waals surface area contributed by atoms with Gasteiger partial charge in [0.15, 0.2) is 0 Å². The molecule has 3 N–H and O–H groups in total. The number of halogens is 2. The maximum atomic E-state index is 9.47. The van der Waals surface area contributed by atoms with Crippen molar-refractivity contribution in [2.45, 2.75) is 17.4 Å². The summed E-state index contributed by atoms with van der Waals surface area (Å²) >= 11 is 13.2. The van der Waals surface area contributed by atoms with Crippen LogP contribution in [-0.2, 0) is 0 Å². The van der Waals surface area contributed by atoms with E-state index in [-0.39, 0.29) is 6.10 Å². The summed E-state index contributed by atoms with van der Waals surface area (Å²) in [5, 5.41) is 10.6. The molecule has 5 heteroatoms. The van der Waals surface area contributed by atoms with Gasteiger partial charge in [0.25, 0.3) is 0 Å². The van der Waals surface area contributed by atoms with Crippen LogP contribution < -0.4 is 5.73 Å². The summed E-state index contributed by atoms with van der Waals surface area (Å²) in [7, 11) is 0. The number of rotatable bonds is 5. The van der Waals surface area contributed by atoms with E-state index < -0.39 is 0 Å². The lowest BCUT2D eigenvalue weighted by Crippen LogP contribution is -2.15. The molecule has 0 fully saturated rings. The third kappa shape index (κ3) is 4.62. The first-order valence-corrected chi connectivity index (χ1v) is 6.33. The van der Waals surface area contributed by atoms with E-state index in [2.05, 4.69) is 0 Å². The fraction of sp³-hybridized carbons (Fsp3) is 0.400. The molecule has 0 aliphatic carbocycles. The maximum absolute atomic E-state index is 9.47. The standard InChI is InChI=1S/C10H13Cl2NOS/c11-9-2-1-8(5-10(9)12)15-6-7(14)3-4-13/h1-2,5,7,14H,3-4,6,13H2. The van der Waals surface area contributed by atoms with Crippen molar-refractivity contribution in [3.8, 4) is 0 Å². The molecule has 1 unspecified atom stereocenters. The third-order valence-corrected chi connectivity index (χ3v) is 3.71. The van der Waals surface area contributed by atoms with Crippen LogP contribution in [0.4, 0.5) is 0 Å². The van der Waals surface area contributed by atoms with Gasteiger partial charge < -0.3 is 10.8 Å². The molecule has 0 saturated heterocycles. The molecular weight excluding hydrogens is 253 g/mol. The van der Waals surface area contributed by atoms with E-state index in [1.807, 2.05) is 6.07 Å². The smallest absolute Gasteiger partial charge is 0.0646 e. The van der Waals surface area contributed by atoms with Crippen molar-refractivity contribution in [1.82, 2.24) is 0 Å². The van der Waals surface area contributed by atoms with Gasteiger partial charge in [0, 0.05) is 10.6 Å². The van der Waals surface area contributed by atoms with Crippen LogP contribution in [0.3, 0.4) is 0 Å². The molecule has 1 rings (SSSR count). The highest BCUT2D eigenvalue weighted by molar-refractivity contribution is 7.99. The Morgan fingerprint density at radius 3 is 2.67 bits per heavy atom. The maximum Gasteiger partial charge on any atom is 0.0646 e. The summed E-state index contributed by atoms with van der Waals surface area (Å²) in [5.74, 6) is 0.620. The van der Waals surface area contributed by atoms with Gasteiger partial charge in [-0.15, -0.1) is 11.8 Å². The molecule has 0 aliphatic heterocycles. The lowest BCUT2D eigenvalue weighted by atomic mass is 10.3. The minimum Gasteiger partial charge on any atom is -0.392 e. The SMILES string of the molecule is NCCC(O)CSc1ccc(Cl)c(Cl)c1. The molecular formula is C10H13Cl2NOS. The molecule has 0 amide bonds. The molecule has 1 aromatic rings. The predicted molar refractivity (Wildman–Crippen MR) is 66.9 cm³/mol. The summed E-state index contributed by atoms with van der Waals surface area (Å²) < 4.78 is 0. The molecule has 1 atom stereocenters. The Labute approximate surface area is 104 Å². The van der Waals surface area contributed by atoms with Gasteiger partial charge in [-0.1, -0.05) is 23.2 Å². The van der Waals surface area contributed by atoms with Crippen molar-refractivity contribution in [3.05, 3.63) is 28.2 Å². The van der Waals surface area contributed by atoms with Crippen LogP contribution in [0.1, 0.15) is 6.42 Å². The Hall–Kier alpha value is 0.0700. The largest absolute Gasteiger partial charge is 0.392 e. The summed E-state index contributed by atoms with van der Waals surface area (Å²) in [5.41, 5.74) is 5.33. The van der Waals surface area contributed by atoms with E-state index in [9.17, 15) is 5.11 Å². The summed E-state index contributed by atoms with van der Waals surface area (Å²) in [6.45, 7) is 0.503. The third-order valence-electron chi connectivity index (χ3n) is 1.83. The van der Waals surface area contributed by atoms with Crippen LogP contribution in [0.15, 0.2) is 23.1 Å². The zero-order valence-electron chi connectivity index (χ0n) is 8.12. The van der Waals surface area contributed by atoms with E-state index in [1.165, 1.54) is 0 Å². The molecule has 0 spiro atoms. The van der Waals surface area contributed by atoms with Crippen molar-refractivity contribution in [2.75, 3.05) is 12.3 Å². The van der Waals surface area contributed by atoms with Gasteiger partial charge in [-0.2, -0.15) is 0 Å². The summed E-state index contributed by atoms with van der Waals surface area (Å²) in [4.78, 5) is 1.00. The van der Waals surface area contributed by atoms with Gasteiger partial charge >= 0.3 is 0 Å². The first-order chi connectivity index (χ1) is 7.13. The van der Waals surface area contributed by atoms with Crippen LogP contribution in [0.5, 0.6) is 0 Å². The number of aliphatic hydroxyl groups is 1. The molecule has 0 radical (unpaired) electrons. The van der Waals surface area contributed by atoms with Crippen LogP contribution in [0.2, 0.25) is 10.0 Å². The van der Waals surface area contributed by atoms with Gasteiger partial charge in [0.05, 0.1) is 16.1 Å². The first kappa shape index (κ1) is 13.1. The second-order valence-electron chi connectivity index (χ2n) is 3.12. The van der Waals surface area contributed by atoms with Crippen LogP contribution in [0, 0.1) is 0 Å². The zero-order valence-corrected chi connectivity index (χ0v) is 10.4. The second-order valence-corrected chi connectivity index (χ2v) is 5.03. The van der Waals surface area contributed by atoms with E-state index in [4.69, 9.17) is 28.9 Å². The van der Waals surface area contributed by atoms with Gasteiger partial charge in [0.2, 0.25) is 0 Å². The predicted octanol–water partition coefficient (Wildman–Crippen LogP) is 2.80. The quantitative estimate of drug-likeness (QED) is 0.805. The van der Waals surface area contributed by atoms with E-state index in [0.29, 0.717) is 28.8 Å². The molecule has 2 nitrogen and oxygen atoms in total. The molecule has 0 heterocycles. The lowest BCUT2D eigenvalue weighted by Gasteiger charge is -2.08. The van der Waals surface area contributed by atoms with Crippen molar-refractivity contribution >= 4 is 35.0 Å². The number of aliphatic hydroxyl groups excluding tert-OH is 1. The highest BCUT2D eigenvalue weighted by atomic mass is 35.5. The van der Waals surface area contributed by atoms with Gasteiger partial charge in [0.1, 0.15) is 0 Å². The lowest BCUT2D eigenvalue weighted by molar-refractivity contribution is 0.192. The van der Waals surface area contributed by atoms with Gasteiger partial charge in [-0.05, 0) is 31.2 Å². The number of benzene rings is 1. The molecule has 0 bridgehead atoms. The van der Waals surface area contributed by atoms with Crippen molar-refractivity contribution < 1.29 is 5.11 Å². The normalized spacial score (nSPS) is 12.8. The van der Waals surface area contributed by atoms with Gasteiger partial charge in [-0.3, -0.25) is 0 Å². The summed E-state index contributed by atoms with van der Waals surface area (Å²) in [6.07, 6.45) is 0.253. The minimum absolute atomic E-state index is 0.366. The Kier molecular flexibility index (Phi) is 5.79. The average Bonchev–Trinajstić information content (AvgIpc) is 2.20. The number of thioether (sulfide) groups is 1. The highest BCUT2D eigenvalue weighted by Crippen LogP contribution is 2.28. The zero-order chi connectivity index (χ0) is 11.3. The van der Waals surface area contributed by atoms with Crippen LogP contribution >= 0.6 is 35.0 Å². The Morgan fingerprint density at radius 2 is 2.07 bits per heavy atom. The Morgan fingerprint density at radius 1 is 1.33 bits per heavy atom. The topological polar surface area (TPSA) is 46.2 Å². The molecule has 1 aromatic carbocycles. The highest BCUT2D eigenvalue weighted by Gasteiger charge is 2.05. The molecule has 0 saturated carbocycles. The second kappa shape index (κ2) is 6.61.